The van der Waals surface area contributed by atoms with Crippen LogP contribution in [-0.4, -0.2) is 18.2 Å². The molecule has 0 bridgehead atoms. The summed E-state index contributed by atoms with van der Waals surface area (Å²) in [5, 5.41) is 11.2. The highest BCUT2D eigenvalue weighted by molar-refractivity contribution is 5.88. The minimum absolute atomic E-state index is 0.412. The number of hydrogen-bond acceptors (Lipinski definition) is 2. The third-order valence-corrected chi connectivity index (χ3v) is 4.46. The summed E-state index contributed by atoms with van der Waals surface area (Å²) in [5.41, 5.74) is 1.70. The number of fused-ring (bicyclic) bond motifs is 1. The molecule has 0 saturated carbocycles. The Kier molecular flexibility index (Phi) is 4.70. The number of carbonyl (C=O) groups is 1. The van der Waals surface area contributed by atoms with E-state index in [0.717, 1.165) is 22.1 Å². The first kappa shape index (κ1) is 17.0. The highest BCUT2D eigenvalue weighted by atomic mass is 19.1. The SMILES string of the molecule is CCC(C(=O)O)c1ccc(-c2ccc3cc(OC)ccc3c2)c(F)c1. The summed E-state index contributed by atoms with van der Waals surface area (Å²) >= 11 is 0. The number of carboxylic acids is 1. The quantitative estimate of drug-likeness (QED) is 0.692. The van der Waals surface area contributed by atoms with Crippen molar-refractivity contribution in [3.8, 4) is 16.9 Å². The zero-order chi connectivity index (χ0) is 18.0. The minimum atomic E-state index is -0.936. The molecular formula is C21H19FO3. The third-order valence-electron chi connectivity index (χ3n) is 4.46. The molecule has 0 saturated heterocycles. The van der Waals surface area contributed by atoms with Crippen molar-refractivity contribution >= 4 is 16.7 Å². The van der Waals surface area contributed by atoms with Gasteiger partial charge in [-0.25, -0.2) is 4.39 Å². The van der Waals surface area contributed by atoms with Crippen LogP contribution in [0.5, 0.6) is 5.75 Å². The van der Waals surface area contributed by atoms with Gasteiger partial charge >= 0.3 is 5.97 Å². The number of hydrogen-bond donors (Lipinski definition) is 1. The second-order valence-corrected chi connectivity index (χ2v) is 5.97. The zero-order valence-corrected chi connectivity index (χ0v) is 14.1. The number of rotatable bonds is 5. The Morgan fingerprint density at radius 2 is 1.80 bits per heavy atom. The van der Waals surface area contributed by atoms with E-state index < -0.39 is 17.7 Å². The zero-order valence-electron chi connectivity index (χ0n) is 14.1. The first-order valence-corrected chi connectivity index (χ1v) is 8.14. The van der Waals surface area contributed by atoms with Crippen LogP contribution < -0.4 is 4.74 Å². The topological polar surface area (TPSA) is 46.5 Å². The summed E-state index contributed by atoms with van der Waals surface area (Å²) in [7, 11) is 1.62. The Labute approximate surface area is 145 Å². The summed E-state index contributed by atoms with van der Waals surface area (Å²) < 4.78 is 19.8. The fourth-order valence-corrected chi connectivity index (χ4v) is 3.05. The van der Waals surface area contributed by atoms with Crippen molar-refractivity contribution in [3.63, 3.8) is 0 Å². The number of aliphatic carboxylic acids is 1. The van der Waals surface area contributed by atoms with Crippen molar-refractivity contribution in [2.75, 3.05) is 7.11 Å². The molecule has 0 fully saturated rings. The third kappa shape index (κ3) is 3.33. The standard InChI is InChI=1S/C21H19FO3/c1-3-18(21(23)24)16-7-9-19(20(22)12-16)15-5-4-14-11-17(25-2)8-6-13(14)10-15/h4-12,18H,3H2,1-2H3,(H,23,24). The molecule has 1 N–H and O–H groups in total. The van der Waals surface area contributed by atoms with Crippen molar-refractivity contribution in [2.45, 2.75) is 19.3 Å². The molecule has 0 amide bonds. The minimum Gasteiger partial charge on any atom is -0.497 e. The van der Waals surface area contributed by atoms with Crippen molar-refractivity contribution in [1.29, 1.82) is 0 Å². The predicted octanol–water partition coefficient (Wildman–Crippen LogP) is 5.23. The fraction of sp³-hybridized carbons (Fsp3) is 0.190. The molecule has 128 valence electrons. The second kappa shape index (κ2) is 6.93. The summed E-state index contributed by atoms with van der Waals surface area (Å²) in [6.45, 7) is 1.78. The van der Waals surface area contributed by atoms with E-state index in [0.29, 0.717) is 17.5 Å². The Balaban J connectivity index is 2.01. The lowest BCUT2D eigenvalue weighted by atomic mass is 9.93. The van der Waals surface area contributed by atoms with Gasteiger partial charge < -0.3 is 9.84 Å². The van der Waals surface area contributed by atoms with E-state index in [1.165, 1.54) is 6.07 Å². The molecule has 0 aromatic heterocycles. The van der Waals surface area contributed by atoms with Gasteiger partial charge in [-0.3, -0.25) is 4.79 Å². The van der Waals surface area contributed by atoms with Crippen LogP contribution in [0, 0.1) is 5.82 Å². The van der Waals surface area contributed by atoms with Gasteiger partial charge in [0.2, 0.25) is 0 Å². The van der Waals surface area contributed by atoms with Crippen LogP contribution in [-0.2, 0) is 4.79 Å². The van der Waals surface area contributed by atoms with E-state index in [9.17, 15) is 14.3 Å². The van der Waals surface area contributed by atoms with Crippen molar-refractivity contribution < 1.29 is 19.0 Å². The molecular weight excluding hydrogens is 319 g/mol. The van der Waals surface area contributed by atoms with Crippen LogP contribution in [0.1, 0.15) is 24.8 Å². The fourth-order valence-electron chi connectivity index (χ4n) is 3.05. The van der Waals surface area contributed by atoms with E-state index in [4.69, 9.17) is 4.74 Å². The Morgan fingerprint density at radius 3 is 2.44 bits per heavy atom. The Morgan fingerprint density at radius 1 is 1.08 bits per heavy atom. The average molecular weight is 338 g/mol. The number of ether oxygens (including phenoxy) is 1. The number of methoxy groups -OCH3 is 1. The van der Waals surface area contributed by atoms with Gasteiger partial charge in [-0.05, 0) is 52.6 Å². The molecule has 0 radical (unpaired) electrons. The van der Waals surface area contributed by atoms with Gasteiger partial charge in [0.25, 0.3) is 0 Å². The lowest BCUT2D eigenvalue weighted by molar-refractivity contribution is -0.138. The van der Waals surface area contributed by atoms with Crippen LogP contribution in [0.25, 0.3) is 21.9 Å². The maximum absolute atomic E-state index is 14.6. The van der Waals surface area contributed by atoms with Gasteiger partial charge in [0, 0.05) is 5.56 Å². The van der Waals surface area contributed by atoms with E-state index in [2.05, 4.69) is 0 Å². The maximum atomic E-state index is 14.6. The molecule has 0 aliphatic heterocycles. The molecule has 0 spiro atoms. The molecule has 4 heteroatoms. The van der Waals surface area contributed by atoms with Crippen LogP contribution in [0.4, 0.5) is 4.39 Å². The molecule has 0 aliphatic carbocycles. The smallest absolute Gasteiger partial charge is 0.310 e. The molecule has 1 atom stereocenters. The van der Waals surface area contributed by atoms with E-state index in [1.54, 1.807) is 26.2 Å². The van der Waals surface area contributed by atoms with Crippen molar-refractivity contribution in [1.82, 2.24) is 0 Å². The summed E-state index contributed by atoms with van der Waals surface area (Å²) in [6.07, 6.45) is 0.423. The van der Waals surface area contributed by atoms with Gasteiger partial charge in [-0.2, -0.15) is 0 Å². The highest BCUT2D eigenvalue weighted by Gasteiger charge is 2.19. The monoisotopic (exact) mass is 338 g/mol. The van der Waals surface area contributed by atoms with E-state index >= 15 is 0 Å². The lowest BCUT2D eigenvalue weighted by Crippen LogP contribution is -2.10. The van der Waals surface area contributed by atoms with Crippen LogP contribution in [0.15, 0.2) is 54.6 Å². The lowest BCUT2D eigenvalue weighted by Gasteiger charge is -2.12. The summed E-state index contributed by atoms with van der Waals surface area (Å²) in [4.78, 5) is 11.3. The number of carboxylic acid groups (broad SMARTS) is 1. The van der Waals surface area contributed by atoms with Gasteiger partial charge in [0.05, 0.1) is 13.0 Å². The molecule has 3 rings (SSSR count). The van der Waals surface area contributed by atoms with Crippen molar-refractivity contribution in [3.05, 3.63) is 66.0 Å². The average Bonchev–Trinajstić information content (AvgIpc) is 2.61. The van der Waals surface area contributed by atoms with Gasteiger partial charge in [-0.15, -0.1) is 0 Å². The Hall–Kier alpha value is -2.88. The Bertz CT molecular complexity index is 934. The van der Waals surface area contributed by atoms with Crippen LogP contribution in [0.3, 0.4) is 0 Å². The molecule has 0 aliphatic rings. The van der Waals surface area contributed by atoms with Gasteiger partial charge in [0.1, 0.15) is 11.6 Å². The molecule has 0 heterocycles. The maximum Gasteiger partial charge on any atom is 0.310 e. The summed E-state index contributed by atoms with van der Waals surface area (Å²) in [6, 6.07) is 16.1. The molecule has 3 nitrogen and oxygen atoms in total. The first-order chi connectivity index (χ1) is 12.0. The molecule has 1 unspecified atom stereocenters. The van der Waals surface area contributed by atoms with E-state index in [1.807, 2.05) is 36.4 Å². The van der Waals surface area contributed by atoms with Crippen molar-refractivity contribution in [2.24, 2.45) is 0 Å². The van der Waals surface area contributed by atoms with E-state index in [-0.39, 0.29) is 0 Å². The highest BCUT2D eigenvalue weighted by Crippen LogP contribution is 2.31. The molecule has 3 aromatic carbocycles. The molecule has 3 aromatic rings. The normalized spacial score (nSPS) is 12.1. The summed E-state index contributed by atoms with van der Waals surface area (Å²) in [5.74, 6) is -1.26. The second-order valence-electron chi connectivity index (χ2n) is 5.97. The largest absolute Gasteiger partial charge is 0.497 e. The molecule has 25 heavy (non-hydrogen) atoms. The number of benzene rings is 3. The number of halogens is 1. The van der Waals surface area contributed by atoms with Crippen LogP contribution in [0.2, 0.25) is 0 Å². The van der Waals surface area contributed by atoms with Gasteiger partial charge in [0.15, 0.2) is 0 Å². The van der Waals surface area contributed by atoms with Crippen LogP contribution >= 0.6 is 0 Å². The first-order valence-electron chi connectivity index (χ1n) is 8.14. The predicted molar refractivity (Wildman–Crippen MR) is 96.6 cm³/mol. The van der Waals surface area contributed by atoms with Gasteiger partial charge in [-0.1, -0.05) is 37.3 Å².